The first-order valence-electron chi connectivity index (χ1n) is 6.69. The minimum absolute atomic E-state index is 0.0704. The van der Waals surface area contributed by atoms with Gasteiger partial charge in [0.1, 0.15) is 0 Å². The third-order valence-electron chi connectivity index (χ3n) is 3.38. The molecule has 1 saturated heterocycles. The van der Waals surface area contributed by atoms with E-state index in [0.717, 1.165) is 11.3 Å². The van der Waals surface area contributed by atoms with E-state index in [4.69, 9.17) is 4.74 Å². The van der Waals surface area contributed by atoms with Gasteiger partial charge in [0.25, 0.3) is 5.69 Å². The zero-order chi connectivity index (χ0) is 15.4. The molecule has 0 aliphatic carbocycles. The van der Waals surface area contributed by atoms with Crippen LogP contribution in [0.2, 0.25) is 0 Å². The standard InChI is InChI=1S/C14H18N2O5/c1-10-5-11(7-12(6-10)16(18)19)15-3-4-21-13(9-15)8-14(17)20-2/h5-7,13H,3-4,8-9H2,1-2H3. The number of aryl methyl sites for hydroxylation is 1. The van der Waals surface area contributed by atoms with Crippen LogP contribution in [-0.4, -0.2) is 43.8 Å². The number of benzene rings is 1. The van der Waals surface area contributed by atoms with Crippen LogP contribution in [0.4, 0.5) is 11.4 Å². The van der Waals surface area contributed by atoms with Crippen molar-refractivity contribution in [3.63, 3.8) is 0 Å². The van der Waals surface area contributed by atoms with Crippen molar-refractivity contribution in [2.45, 2.75) is 19.4 Å². The summed E-state index contributed by atoms with van der Waals surface area (Å²) in [4.78, 5) is 23.8. The van der Waals surface area contributed by atoms with Crippen molar-refractivity contribution >= 4 is 17.3 Å². The van der Waals surface area contributed by atoms with Crippen molar-refractivity contribution < 1.29 is 19.2 Å². The predicted molar refractivity (Wildman–Crippen MR) is 76.4 cm³/mol. The number of non-ortho nitro benzene ring substituents is 1. The van der Waals surface area contributed by atoms with Crippen molar-refractivity contribution in [3.05, 3.63) is 33.9 Å². The maximum absolute atomic E-state index is 11.3. The molecule has 2 rings (SSSR count). The van der Waals surface area contributed by atoms with Gasteiger partial charge < -0.3 is 14.4 Å². The van der Waals surface area contributed by atoms with Crippen molar-refractivity contribution in [1.29, 1.82) is 0 Å². The molecule has 1 aliphatic rings. The number of nitrogens with zero attached hydrogens (tertiary/aromatic N) is 2. The Balaban J connectivity index is 2.14. The lowest BCUT2D eigenvalue weighted by atomic mass is 10.1. The molecule has 1 unspecified atom stereocenters. The molecule has 0 N–H and O–H groups in total. The molecule has 1 atom stereocenters. The van der Waals surface area contributed by atoms with Gasteiger partial charge in [-0.2, -0.15) is 0 Å². The van der Waals surface area contributed by atoms with Crippen LogP contribution in [0.5, 0.6) is 0 Å². The minimum atomic E-state index is -0.400. The molecule has 0 aromatic heterocycles. The van der Waals surface area contributed by atoms with Gasteiger partial charge in [-0.1, -0.05) is 0 Å². The van der Waals surface area contributed by atoms with Crippen LogP contribution in [0, 0.1) is 17.0 Å². The Morgan fingerprint density at radius 2 is 2.29 bits per heavy atom. The van der Waals surface area contributed by atoms with Gasteiger partial charge in [-0.25, -0.2) is 0 Å². The van der Waals surface area contributed by atoms with Crippen LogP contribution in [0.25, 0.3) is 0 Å². The Hall–Kier alpha value is -2.15. The van der Waals surface area contributed by atoms with Gasteiger partial charge in [0, 0.05) is 30.9 Å². The molecule has 0 saturated carbocycles. The summed E-state index contributed by atoms with van der Waals surface area (Å²) in [7, 11) is 1.34. The molecule has 1 fully saturated rings. The molecule has 114 valence electrons. The zero-order valence-electron chi connectivity index (χ0n) is 12.1. The highest BCUT2D eigenvalue weighted by Crippen LogP contribution is 2.25. The second kappa shape index (κ2) is 6.53. The van der Waals surface area contributed by atoms with Gasteiger partial charge >= 0.3 is 5.97 Å². The second-order valence-corrected chi connectivity index (χ2v) is 5.00. The third-order valence-corrected chi connectivity index (χ3v) is 3.38. The van der Waals surface area contributed by atoms with Crippen LogP contribution in [-0.2, 0) is 14.3 Å². The number of carbonyl (C=O) groups is 1. The smallest absolute Gasteiger partial charge is 0.308 e. The molecular formula is C14H18N2O5. The van der Waals surface area contributed by atoms with E-state index in [1.165, 1.54) is 13.2 Å². The number of anilines is 1. The van der Waals surface area contributed by atoms with E-state index in [2.05, 4.69) is 4.74 Å². The Labute approximate surface area is 122 Å². The fraction of sp³-hybridized carbons (Fsp3) is 0.500. The highest BCUT2D eigenvalue weighted by molar-refractivity contribution is 5.70. The molecule has 0 bridgehead atoms. The number of nitro benzene ring substituents is 1. The summed E-state index contributed by atoms with van der Waals surface area (Å²) in [6.45, 7) is 3.44. The summed E-state index contributed by atoms with van der Waals surface area (Å²) in [6.07, 6.45) is -0.0771. The highest BCUT2D eigenvalue weighted by Gasteiger charge is 2.24. The number of ether oxygens (including phenoxy) is 2. The van der Waals surface area contributed by atoms with Crippen LogP contribution in [0.3, 0.4) is 0 Å². The van der Waals surface area contributed by atoms with E-state index in [-0.39, 0.29) is 24.2 Å². The lowest BCUT2D eigenvalue weighted by Crippen LogP contribution is -2.43. The minimum Gasteiger partial charge on any atom is -0.469 e. The van der Waals surface area contributed by atoms with Crippen LogP contribution < -0.4 is 4.90 Å². The lowest BCUT2D eigenvalue weighted by Gasteiger charge is -2.34. The maximum Gasteiger partial charge on any atom is 0.308 e. The van der Waals surface area contributed by atoms with E-state index in [0.29, 0.717) is 19.7 Å². The molecular weight excluding hydrogens is 276 g/mol. The van der Waals surface area contributed by atoms with E-state index in [1.54, 1.807) is 6.07 Å². The van der Waals surface area contributed by atoms with E-state index in [9.17, 15) is 14.9 Å². The van der Waals surface area contributed by atoms with Crippen molar-refractivity contribution in [3.8, 4) is 0 Å². The first-order chi connectivity index (χ1) is 9.99. The number of methoxy groups -OCH3 is 1. The van der Waals surface area contributed by atoms with E-state index < -0.39 is 4.92 Å². The third kappa shape index (κ3) is 3.91. The quantitative estimate of drug-likeness (QED) is 0.477. The van der Waals surface area contributed by atoms with Gasteiger partial charge in [0.05, 0.1) is 31.2 Å². The molecule has 21 heavy (non-hydrogen) atoms. The lowest BCUT2D eigenvalue weighted by molar-refractivity contribution is -0.384. The molecule has 0 amide bonds. The second-order valence-electron chi connectivity index (χ2n) is 5.00. The number of nitro groups is 1. The summed E-state index contributed by atoms with van der Waals surface area (Å²) < 4.78 is 10.2. The van der Waals surface area contributed by atoms with Gasteiger partial charge in [0.2, 0.25) is 0 Å². The van der Waals surface area contributed by atoms with Crippen LogP contribution in [0.15, 0.2) is 18.2 Å². The SMILES string of the molecule is COC(=O)CC1CN(c2cc(C)cc([N+](=O)[O-])c2)CCO1. The highest BCUT2D eigenvalue weighted by atomic mass is 16.6. The molecule has 1 heterocycles. The Bertz CT molecular complexity index is 546. The van der Waals surface area contributed by atoms with Gasteiger partial charge in [0.15, 0.2) is 0 Å². The van der Waals surface area contributed by atoms with Gasteiger partial charge in [-0.05, 0) is 18.6 Å². The molecule has 1 aromatic rings. The molecule has 0 radical (unpaired) electrons. The predicted octanol–water partition coefficient (Wildman–Crippen LogP) is 1.67. The number of hydrogen-bond donors (Lipinski definition) is 0. The Morgan fingerprint density at radius 1 is 1.52 bits per heavy atom. The maximum atomic E-state index is 11.3. The van der Waals surface area contributed by atoms with Gasteiger partial charge in [-0.3, -0.25) is 14.9 Å². The molecule has 0 spiro atoms. The van der Waals surface area contributed by atoms with Crippen LogP contribution >= 0.6 is 0 Å². The van der Waals surface area contributed by atoms with Crippen molar-refractivity contribution in [2.24, 2.45) is 0 Å². The summed E-state index contributed by atoms with van der Waals surface area (Å²) in [5.74, 6) is -0.322. The number of esters is 1. The Kier molecular flexibility index (Phi) is 4.74. The summed E-state index contributed by atoms with van der Waals surface area (Å²) >= 11 is 0. The number of hydrogen-bond acceptors (Lipinski definition) is 6. The molecule has 1 aliphatic heterocycles. The average Bonchev–Trinajstić information content (AvgIpc) is 2.46. The monoisotopic (exact) mass is 294 g/mol. The summed E-state index contributed by atoms with van der Waals surface area (Å²) in [6, 6.07) is 4.98. The Morgan fingerprint density at radius 3 is 2.95 bits per heavy atom. The molecule has 1 aromatic carbocycles. The number of carbonyl (C=O) groups excluding carboxylic acids is 1. The summed E-state index contributed by atoms with van der Waals surface area (Å²) in [5.41, 5.74) is 1.68. The van der Waals surface area contributed by atoms with E-state index in [1.807, 2.05) is 17.9 Å². The largest absolute Gasteiger partial charge is 0.469 e. The number of morpholine rings is 1. The zero-order valence-corrected chi connectivity index (χ0v) is 12.1. The molecule has 7 nitrogen and oxygen atoms in total. The van der Waals surface area contributed by atoms with Gasteiger partial charge in [-0.15, -0.1) is 0 Å². The first-order valence-corrected chi connectivity index (χ1v) is 6.69. The fourth-order valence-corrected chi connectivity index (χ4v) is 2.38. The van der Waals surface area contributed by atoms with Crippen molar-refractivity contribution in [1.82, 2.24) is 0 Å². The topological polar surface area (TPSA) is 81.9 Å². The number of rotatable bonds is 4. The van der Waals surface area contributed by atoms with Crippen molar-refractivity contribution in [2.75, 3.05) is 31.7 Å². The molecule has 7 heteroatoms. The average molecular weight is 294 g/mol. The van der Waals surface area contributed by atoms with E-state index >= 15 is 0 Å². The normalized spacial score (nSPS) is 18.4. The van der Waals surface area contributed by atoms with Crippen LogP contribution in [0.1, 0.15) is 12.0 Å². The fourth-order valence-electron chi connectivity index (χ4n) is 2.38. The summed E-state index contributed by atoms with van der Waals surface area (Å²) in [5, 5.41) is 10.9. The first kappa shape index (κ1) is 15.2.